The lowest BCUT2D eigenvalue weighted by Crippen LogP contribution is -2.45. The second-order valence-corrected chi connectivity index (χ2v) is 7.08. The van der Waals surface area contributed by atoms with Crippen molar-refractivity contribution in [1.82, 2.24) is 4.90 Å². The Morgan fingerprint density at radius 1 is 1.00 bits per heavy atom. The minimum absolute atomic E-state index is 0.129. The molecule has 4 nitrogen and oxygen atoms in total. The highest BCUT2D eigenvalue weighted by Crippen LogP contribution is 2.37. The summed E-state index contributed by atoms with van der Waals surface area (Å²) in [6, 6.07) is 20.0. The smallest absolute Gasteiger partial charge is 0.306 e. The standard InChI is InChI=1S/C24H29NO3/c1-2-23(26)28-24(21-11-5-3-6-12-21)15-18-25(19-16-24)17-9-10-20-27-22-13-7-4-8-14-22/h3-14H,2,15-20H2,1H3/b10-9+. The zero-order valence-electron chi connectivity index (χ0n) is 16.5. The van der Waals surface area contributed by atoms with Gasteiger partial charge in [0.25, 0.3) is 0 Å². The van der Waals surface area contributed by atoms with E-state index in [1.165, 1.54) is 0 Å². The molecule has 0 aromatic heterocycles. The molecule has 2 aromatic carbocycles. The fourth-order valence-electron chi connectivity index (χ4n) is 3.53. The Bertz CT molecular complexity index is 750. The summed E-state index contributed by atoms with van der Waals surface area (Å²) in [5.74, 6) is 0.755. The Balaban J connectivity index is 1.51. The molecule has 3 rings (SSSR count). The van der Waals surface area contributed by atoms with Crippen LogP contribution in [0.2, 0.25) is 0 Å². The second kappa shape index (κ2) is 10.1. The number of esters is 1. The van der Waals surface area contributed by atoms with Crippen molar-refractivity contribution in [3.05, 3.63) is 78.4 Å². The Hall–Kier alpha value is -2.59. The SMILES string of the molecule is CCC(=O)OC1(c2ccccc2)CCN(C/C=C/COc2ccccc2)CC1. The van der Waals surface area contributed by atoms with Crippen molar-refractivity contribution in [2.75, 3.05) is 26.2 Å². The lowest BCUT2D eigenvalue weighted by atomic mass is 9.84. The van der Waals surface area contributed by atoms with Crippen LogP contribution in [0.3, 0.4) is 0 Å². The van der Waals surface area contributed by atoms with Gasteiger partial charge in [0.2, 0.25) is 0 Å². The third-order valence-electron chi connectivity index (χ3n) is 5.18. The van der Waals surface area contributed by atoms with Crippen LogP contribution in [-0.2, 0) is 15.1 Å². The lowest BCUT2D eigenvalue weighted by molar-refractivity contribution is -0.166. The molecule has 1 aliphatic heterocycles. The molecule has 0 atom stereocenters. The molecule has 0 spiro atoms. The van der Waals surface area contributed by atoms with Crippen molar-refractivity contribution in [3.8, 4) is 5.75 Å². The number of ether oxygens (including phenoxy) is 2. The summed E-state index contributed by atoms with van der Waals surface area (Å²) in [6.45, 7) is 5.09. The zero-order valence-corrected chi connectivity index (χ0v) is 16.5. The second-order valence-electron chi connectivity index (χ2n) is 7.08. The predicted molar refractivity (Wildman–Crippen MR) is 111 cm³/mol. The topological polar surface area (TPSA) is 38.8 Å². The van der Waals surface area contributed by atoms with Gasteiger partial charge in [-0.05, 0) is 17.7 Å². The average Bonchev–Trinajstić information content (AvgIpc) is 2.76. The monoisotopic (exact) mass is 379 g/mol. The molecule has 0 aliphatic carbocycles. The van der Waals surface area contributed by atoms with Crippen molar-refractivity contribution < 1.29 is 14.3 Å². The third kappa shape index (κ3) is 5.46. The van der Waals surface area contributed by atoms with E-state index < -0.39 is 5.60 Å². The number of nitrogens with zero attached hydrogens (tertiary/aromatic N) is 1. The van der Waals surface area contributed by atoms with Gasteiger partial charge in [-0.15, -0.1) is 0 Å². The number of para-hydroxylation sites is 1. The first-order chi connectivity index (χ1) is 13.7. The van der Waals surface area contributed by atoms with E-state index in [-0.39, 0.29) is 5.97 Å². The third-order valence-corrected chi connectivity index (χ3v) is 5.18. The van der Waals surface area contributed by atoms with Crippen LogP contribution in [0.15, 0.2) is 72.8 Å². The predicted octanol–water partition coefficient (Wildman–Crippen LogP) is 4.57. The van der Waals surface area contributed by atoms with Gasteiger partial charge in [-0.25, -0.2) is 0 Å². The maximum absolute atomic E-state index is 12.0. The van der Waals surface area contributed by atoms with Gasteiger partial charge in [0, 0.05) is 38.9 Å². The molecule has 0 amide bonds. The van der Waals surface area contributed by atoms with E-state index in [1.54, 1.807) is 0 Å². The van der Waals surface area contributed by atoms with Crippen molar-refractivity contribution in [2.45, 2.75) is 31.8 Å². The summed E-state index contributed by atoms with van der Waals surface area (Å²) < 4.78 is 11.6. The quantitative estimate of drug-likeness (QED) is 0.498. The molecular formula is C24H29NO3. The fraction of sp³-hybridized carbons (Fsp3) is 0.375. The molecule has 0 saturated carbocycles. The number of likely N-dealkylation sites (tertiary alicyclic amines) is 1. The number of benzene rings is 2. The summed E-state index contributed by atoms with van der Waals surface area (Å²) in [4.78, 5) is 14.4. The van der Waals surface area contributed by atoms with Crippen molar-refractivity contribution >= 4 is 5.97 Å². The minimum atomic E-state index is -0.495. The van der Waals surface area contributed by atoms with E-state index in [4.69, 9.17) is 9.47 Å². The molecule has 28 heavy (non-hydrogen) atoms. The number of carbonyl (C=O) groups excluding carboxylic acids is 1. The molecular weight excluding hydrogens is 350 g/mol. The van der Waals surface area contributed by atoms with Gasteiger partial charge >= 0.3 is 5.97 Å². The van der Waals surface area contributed by atoms with E-state index in [9.17, 15) is 4.79 Å². The Morgan fingerprint density at radius 3 is 2.29 bits per heavy atom. The van der Waals surface area contributed by atoms with Gasteiger partial charge in [-0.2, -0.15) is 0 Å². The molecule has 1 fully saturated rings. The highest BCUT2D eigenvalue weighted by atomic mass is 16.6. The van der Waals surface area contributed by atoms with Crippen LogP contribution in [0, 0.1) is 0 Å². The van der Waals surface area contributed by atoms with E-state index >= 15 is 0 Å². The first-order valence-electron chi connectivity index (χ1n) is 10.0. The van der Waals surface area contributed by atoms with Crippen LogP contribution >= 0.6 is 0 Å². The van der Waals surface area contributed by atoms with E-state index in [2.05, 4.69) is 29.2 Å². The molecule has 2 aromatic rings. The highest BCUT2D eigenvalue weighted by molar-refractivity contribution is 5.69. The molecule has 1 heterocycles. The van der Waals surface area contributed by atoms with Gasteiger partial charge in [0.1, 0.15) is 18.0 Å². The number of carbonyl (C=O) groups is 1. The Labute approximate surface area is 167 Å². The number of rotatable bonds is 8. The number of piperidine rings is 1. The molecule has 1 saturated heterocycles. The molecule has 148 valence electrons. The number of hydrogen-bond donors (Lipinski definition) is 0. The average molecular weight is 380 g/mol. The molecule has 0 radical (unpaired) electrons. The maximum Gasteiger partial charge on any atom is 0.306 e. The first-order valence-corrected chi connectivity index (χ1v) is 10.0. The van der Waals surface area contributed by atoms with Crippen molar-refractivity contribution in [3.63, 3.8) is 0 Å². The molecule has 4 heteroatoms. The summed E-state index contributed by atoms with van der Waals surface area (Å²) >= 11 is 0. The minimum Gasteiger partial charge on any atom is -0.490 e. The Morgan fingerprint density at radius 2 is 1.64 bits per heavy atom. The van der Waals surface area contributed by atoms with Crippen molar-refractivity contribution in [1.29, 1.82) is 0 Å². The summed E-state index contributed by atoms with van der Waals surface area (Å²) in [7, 11) is 0. The van der Waals surface area contributed by atoms with Gasteiger partial charge in [-0.1, -0.05) is 67.6 Å². The van der Waals surface area contributed by atoms with Crippen LogP contribution in [0.25, 0.3) is 0 Å². The van der Waals surface area contributed by atoms with Crippen LogP contribution in [0.4, 0.5) is 0 Å². The molecule has 0 N–H and O–H groups in total. The summed E-state index contributed by atoms with van der Waals surface area (Å²) in [5, 5.41) is 0. The van der Waals surface area contributed by atoms with E-state index in [0.717, 1.165) is 43.8 Å². The van der Waals surface area contributed by atoms with Crippen molar-refractivity contribution in [2.24, 2.45) is 0 Å². The Kier molecular flexibility index (Phi) is 7.26. The largest absolute Gasteiger partial charge is 0.490 e. The van der Waals surface area contributed by atoms with Crippen LogP contribution < -0.4 is 4.74 Å². The van der Waals surface area contributed by atoms with E-state index in [1.807, 2.05) is 55.5 Å². The highest BCUT2D eigenvalue weighted by Gasteiger charge is 2.39. The van der Waals surface area contributed by atoms with Gasteiger partial charge in [-0.3, -0.25) is 9.69 Å². The zero-order chi connectivity index (χ0) is 19.7. The molecule has 0 bridgehead atoms. The maximum atomic E-state index is 12.0. The lowest BCUT2D eigenvalue weighted by Gasteiger charge is -2.41. The molecule has 0 unspecified atom stereocenters. The van der Waals surface area contributed by atoms with Crippen LogP contribution in [-0.4, -0.2) is 37.1 Å². The van der Waals surface area contributed by atoms with Crippen LogP contribution in [0.5, 0.6) is 5.75 Å². The molecule has 1 aliphatic rings. The normalized spacial score (nSPS) is 16.8. The van der Waals surface area contributed by atoms with Gasteiger partial charge in [0.05, 0.1) is 0 Å². The number of hydrogen-bond acceptors (Lipinski definition) is 4. The van der Waals surface area contributed by atoms with E-state index in [0.29, 0.717) is 13.0 Å². The van der Waals surface area contributed by atoms with Gasteiger partial charge in [0.15, 0.2) is 0 Å². The van der Waals surface area contributed by atoms with Gasteiger partial charge < -0.3 is 9.47 Å². The summed E-state index contributed by atoms with van der Waals surface area (Å²) in [5.41, 5.74) is 0.605. The first kappa shape index (κ1) is 20.2. The van der Waals surface area contributed by atoms with Crippen LogP contribution in [0.1, 0.15) is 31.7 Å². The summed E-state index contributed by atoms with van der Waals surface area (Å²) in [6.07, 6.45) is 6.25. The fourth-order valence-corrected chi connectivity index (χ4v) is 3.53.